The zero-order valence-electron chi connectivity index (χ0n) is 22.1. The topological polar surface area (TPSA) is 52.6 Å². The lowest BCUT2D eigenvalue weighted by molar-refractivity contribution is -0.162. The van der Waals surface area contributed by atoms with E-state index in [0.717, 1.165) is 31.6 Å². The van der Waals surface area contributed by atoms with Crippen molar-refractivity contribution in [3.05, 3.63) is 7.43 Å². The third kappa shape index (κ3) is 10.8. The van der Waals surface area contributed by atoms with Gasteiger partial charge in [-0.3, -0.25) is 9.59 Å². The first-order valence-corrected chi connectivity index (χ1v) is 11.5. The van der Waals surface area contributed by atoms with Crippen LogP contribution in [0.5, 0.6) is 0 Å². The Morgan fingerprint density at radius 3 is 1.53 bits per heavy atom. The molecule has 30 heavy (non-hydrogen) atoms. The minimum atomic E-state index is -0.332. The van der Waals surface area contributed by atoms with Crippen LogP contribution in [-0.2, 0) is 19.1 Å². The van der Waals surface area contributed by atoms with Crippen LogP contribution in [0.25, 0.3) is 0 Å². The average Bonchev–Trinajstić information content (AvgIpc) is 2.61. The number of rotatable bonds is 6. The summed E-state index contributed by atoms with van der Waals surface area (Å²) >= 11 is 0. The average molecular weight is 428 g/mol. The van der Waals surface area contributed by atoms with Gasteiger partial charge in [0.25, 0.3) is 0 Å². The summed E-state index contributed by atoms with van der Waals surface area (Å²) in [4.78, 5) is 23.3. The molecular formula is C26H51O4-. The van der Waals surface area contributed by atoms with Gasteiger partial charge in [0.2, 0.25) is 0 Å². The normalized spacial score (nSPS) is 19.9. The van der Waals surface area contributed by atoms with Crippen LogP contribution in [0.3, 0.4) is 0 Å². The Morgan fingerprint density at radius 1 is 0.800 bits per heavy atom. The second-order valence-electron chi connectivity index (χ2n) is 11.2. The number of carbonyl (C=O) groups excluding carboxylic acids is 2. The van der Waals surface area contributed by atoms with Gasteiger partial charge in [0.05, 0.1) is 16.9 Å². The monoisotopic (exact) mass is 427 g/mol. The van der Waals surface area contributed by atoms with E-state index in [-0.39, 0.29) is 42.4 Å². The van der Waals surface area contributed by atoms with Crippen LogP contribution in [0.2, 0.25) is 0 Å². The van der Waals surface area contributed by atoms with Crippen molar-refractivity contribution >= 4 is 11.9 Å². The summed E-state index contributed by atoms with van der Waals surface area (Å²) < 4.78 is 10.7. The molecule has 1 rings (SSSR count). The van der Waals surface area contributed by atoms with Gasteiger partial charge < -0.3 is 16.9 Å². The van der Waals surface area contributed by atoms with Gasteiger partial charge in [-0.15, -0.1) is 0 Å². The first-order valence-electron chi connectivity index (χ1n) is 11.5. The van der Waals surface area contributed by atoms with E-state index in [1.807, 2.05) is 55.4 Å². The molecule has 1 fully saturated rings. The Balaban J connectivity index is 0. The van der Waals surface area contributed by atoms with E-state index in [4.69, 9.17) is 9.47 Å². The molecule has 0 aliphatic heterocycles. The smallest absolute Gasteiger partial charge is 0.311 e. The first-order chi connectivity index (χ1) is 13.1. The lowest BCUT2D eigenvalue weighted by Crippen LogP contribution is -2.34. The Kier molecular flexibility index (Phi) is 13.2. The van der Waals surface area contributed by atoms with Crippen molar-refractivity contribution in [2.24, 2.45) is 22.2 Å². The van der Waals surface area contributed by atoms with E-state index in [9.17, 15) is 9.59 Å². The summed E-state index contributed by atoms with van der Waals surface area (Å²) in [5.74, 6) is 0.644. The minimum absolute atomic E-state index is 0. The van der Waals surface area contributed by atoms with Gasteiger partial charge in [-0.05, 0) is 91.4 Å². The minimum Gasteiger partial charge on any atom is -0.463 e. The summed E-state index contributed by atoms with van der Waals surface area (Å²) in [5.41, 5.74) is -0.275. The van der Waals surface area contributed by atoms with Gasteiger partial charge in [0.1, 0.15) is 6.10 Å². The third-order valence-electron chi connectivity index (χ3n) is 6.39. The van der Waals surface area contributed by atoms with Crippen LogP contribution in [0.4, 0.5) is 0 Å². The predicted octanol–water partition coefficient (Wildman–Crippen LogP) is 7.40. The Morgan fingerprint density at radius 2 is 1.20 bits per heavy atom. The number of esters is 2. The molecule has 1 aliphatic rings. The quantitative estimate of drug-likeness (QED) is 0.327. The first kappa shape index (κ1) is 31.1. The fourth-order valence-electron chi connectivity index (χ4n) is 3.02. The summed E-state index contributed by atoms with van der Waals surface area (Å²) in [7, 11) is 0. The summed E-state index contributed by atoms with van der Waals surface area (Å²) in [6.45, 7) is 22.4. The van der Waals surface area contributed by atoms with Crippen LogP contribution >= 0.6 is 0 Å². The molecule has 0 bridgehead atoms. The molecule has 180 valence electrons. The summed E-state index contributed by atoms with van der Waals surface area (Å²) in [5, 5.41) is 0. The lowest BCUT2D eigenvalue weighted by atomic mass is 9.72. The maximum absolute atomic E-state index is 12.0. The highest BCUT2D eigenvalue weighted by Crippen LogP contribution is 2.39. The third-order valence-corrected chi connectivity index (χ3v) is 6.39. The molecule has 4 nitrogen and oxygen atoms in total. The maximum Gasteiger partial charge on any atom is 0.311 e. The highest BCUT2D eigenvalue weighted by Gasteiger charge is 2.34. The molecule has 0 heterocycles. The van der Waals surface area contributed by atoms with Crippen LogP contribution in [0.1, 0.15) is 115 Å². The van der Waals surface area contributed by atoms with Crippen molar-refractivity contribution in [3.8, 4) is 0 Å². The van der Waals surface area contributed by atoms with E-state index in [1.54, 1.807) is 0 Å². The van der Waals surface area contributed by atoms with E-state index < -0.39 is 0 Å². The van der Waals surface area contributed by atoms with Crippen LogP contribution < -0.4 is 0 Å². The van der Waals surface area contributed by atoms with Gasteiger partial charge >= 0.3 is 11.9 Å². The van der Waals surface area contributed by atoms with Gasteiger partial charge in [0.15, 0.2) is 0 Å². The van der Waals surface area contributed by atoms with Crippen molar-refractivity contribution < 1.29 is 19.1 Å². The Labute approximate surface area is 187 Å². The second kappa shape index (κ2) is 12.7. The standard InChI is InChI=1S/C16H30O2.C9H18O2.CH3/c1-7-16(5,6)14(17)18-13-10-8-12(9-11-13)15(2,3)4;1-6-9(4,5)8(10)11-7(2)3;/h12-13H,7-11H2,1-6H3;7H,6H2,1-5H3;1H3/q;;-1. The molecule has 0 aromatic carbocycles. The van der Waals surface area contributed by atoms with Gasteiger partial charge in [-0.2, -0.15) is 0 Å². The molecule has 4 heteroatoms. The number of hydrogen-bond acceptors (Lipinski definition) is 4. The SMILES string of the molecule is CCC(C)(C)C(=O)OC(C)C.CCC(C)(C)C(=O)OC1CCC(C(C)(C)C)CC1.[CH3-]. The molecule has 0 aromatic rings. The highest BCUT2D eigenvalue weighted by molar-refractivity contribution is 5.76. The molecule has 0 aromatic heterocycles. The molecule has 0 unspecified atom stereocenters. The molecule has 0 radical (unpaired) electrons. The van der Waals surface area contributed by atoms with Gasteiger partial charge in [-0.25, -0.2) is 0 Å². The largest absolute Gasteiger partial charge is 0.463 e. The maximum atomic E-state index is 12.0. The fraction of sp³-hybridized carbons (Fsp3) is 0.885. The molecule has 1 saturated carbocycles. The van der Waals surface area contributed by atoms with Crippen molar-refractivity contribution in [2.75, 3.05) is 0 Å². The van der Waals surface area contributed by atoms with Crippen LogP contribution in [0.15, 0.2) is 0 Å². The fourth-order valence-corrected chi connectivity index (χ4v) is 3.02. The number of hydrogen-bond donors (Lipinski definition) is 0. The van der Waals surface area contributed by atoms with E-state index >= 15 is 0 Å². The summed E-state index contributed by atoms with van der Waals surface area (Å²) in [6.07, 6.45) is 6.25. The van der Waals surface area contributed by atoms with Gasteiger partial charge in [0, 0.05) is 0 Å². The van der Waals surface area contributed by atoms with Crippen molar-refractivity contribution in [3.63, 3.8) is 0 Å². The van der Waals surface area contributed by atoms with Crippen LogP contribution in [-0.4, -0.2) is 24.1 Å². The molecular weight excluding hydrogens is 376 g/mol. The van der Waals surface area contributed by atoms with Crippen molar-refractivity contribution in [1.82, 2.24) is 0 Å². The Bertz CT molecular complexity index is 504. The van der Waals surface area contributed by atoms with Crippen LogP contribution in [0, 0.1) is 29.6 Å². The molecule has 0 N–H and O–H groups in total. The Hall–Kier alpha value is -1.06. The van der Waals surface area contributed by atoms with Crippen molar-refractivity contribution in [1.29, 1.82) is 0 Å². The molecule has 0 spiro atoms. The number of carbonyl (C=O) groups is 2. The molecule has 0 saturated heterocycles. The van der Waals surface area contributed by atoms with E-state index in [1.165, 1.54) is 12.8 Å². The number of ether oxygens (including phenoxy) is 2. The lowest BCUT2D eigenvalue weighted by Gasteiger charge is -2.37. The van der Waals surface area contributed by atoms with Gasteiger partial charge in [-0.1, -0.05) is 34.6 Å². The van der Waals surface area contributed by atoms with E-state index in [2.05, 4.69) is 20.8 Å². The second-order valence-corrected chi connectivity index (χ2v) is 11.2. The predicted molar refractivity (Wildman–Crippen MR) is 127 cm³/mol. The molecule has 0 atom stereocenters. The zero-order valence-corrected chi connectivity index (χ0v) is 22.1. The van der Waals surface area contributed by atoms with Crippen molar-refractivity contribution in [2.45, 2.75) is 127 Å². The highest BCUT2D eigenvalue weighted by atomic mass is 16.5. The van der Waals surface area contributed by atoms with E-state index in [0.29, 0.717) is 5.41 Å². The summed E-state index contributed by atoms with van der Waals surface area (Å²) in [6, 6.07) is 0. The zero-order chi connectivity index (χ0) is 23.0. The molecule has 1 aliphatic carbocycles. The molecule has 0 amide bonds.